The minimum absolute atomic E-state index is 0.191. The largest absolute Gasteiger partial charge is 0.297 e. The van der Waals surface area contributed by atoms with Gasteiger partial charge in [0, 0.05) is 67.0 Å². The number of rotatable bonds is 3. The average molecular weight is 423 g/mol. The highest BCUT2D eigenvalue weighted by atomic mass is 35.5. The Kier molecular flexibility index (Phi) is 5.55. The van der Waals surface area contributed by atoms with Crippen molar-refractivity contribution in [3.05, 3.63) is 88.5 Å². The van der Waals surface area contributed by atoms with Gasteiger partial charge in [-0.05, 0) is 47.0 Å². The number of aromatic nitrogens is 2. The molecule has 5 rings (SSSR count). The summed E-state index contributed by atoms with van der Waals surface area (Å²) in [6.45, 7) is 5.14. The molecule has 1 atom stereocenters. The van der Waals surface area contributed by atoms with Gasteiger partial charge in [-0.1, -0.05) is 23.7 Å². The molecule has 148 valence electrons. The van der Waals surface area contributed by atoms with Crippen LogP contribution in [0.2, 0.25) is 5.02 Å². The molecule has 29 heavy (non-hydrogen) atoms. The Labute approximate surface area is 180 Å². The first kappa shape index (κ1) is 19.1. The van der Waals surface area contributed by atoms with Crippen molar-refractivity contribution in [3.63, 3.8) is 0 Å². The summed E-state index contributed by atoms with van der Waals surface area (Å²) in [5, 5.41) is 0.802. The molecule has 2 aliphatic heterocycles. The van der Waals surface area contributed by atoms with Crippen molar-refractivity contribution in [2.75, 3.05) is 26.2 Å². The molecule has 0 radical (unpaired) electrons. The maximum Gasteiger partial charge on any atom is 0.0791 e. The second-order valence-electron chi connectivity index (χ2n) is 7.59. The summed E-state index contributed by atoms with van der Waals surface area (Å²) < 4.78 is 0. The quantitative estimate of drug-likeness (QED) is 0.613. The predicted molar refractivity (Wildman–Crippen MR) is 118 cm³/mol. The van der Waals surface area contributed by atoms with Gasteiger partial charge in [-0.3, -0.25) is 19.8 Å². The van der Waals surface area contributed by atoms with E-state index in [4.69, 9.17) is 16.6 Å². The van der Waals surface area contributed by atoms with E-state index in [1.54, 1.807) is 0 Å². The second kappa shape index (κ2) is 8.44. The lowest BCUT2D eigenvalue weighted by atomic mass is 9.97. The highest BCUT2D eigenvalue weighted by molar-refractivity contribution is 7.98. The molecule has 6 heteroatoms. The van der Waals surface area contributed by atoms with E-state index in [2.05, 4.69) is 45.1 Å². The highest BCUT2D eigenvalue weighted by Gasteiger charge is 2.32. The Balaban J connectivity index is 1.41. The van der Waals surface area contributed by atoms with Crippen LogP contribution in [0.15, 0.2) is 66.0 Å². The van der Waals surface area contributed by atoms with Crippen molar-refractivity contribution in [2.24, 2.45) is 0 Å². The first-order chi connectivity index (χ1) is 14.3. The summed E-state index contributed by atoms with van der Waals surface area (Å²) in [7, 11) is 0. The number of nitrogens with zero attached hydrogens (tertiary/aromatic N) is 4. The van der Waals surface area contributed by atoms with Gasteiger partial charge in [0.05, 0.1) is 11.7 Å². The molecular formula is C23H23ClN4S. The number of benzene rings is 1. The minimum atomic E-state index is 0.191. The molecule has 0 aliphatic carbocycles. The number of piperazine rings is 1. The molecule has 0 N–H and O–H groups in total. The lowest BCUT2D eigenvalue weighted by Gasteiger charge is -2.39. The Morgan fingerprint density at radius 3 is 2.66 bits per heavy atom. The fourth-order valence-corrected chi connectivity index (χ4v) is 5.63. The first-order valence-corrected chi connectivity index (χ1v) is 11.4. The maximum absolute atomic E-state index is 6.32. The van der Waals surface area contributed by atoms with Crippen LogP contribution in [0.4, 0.5) is 0 Å². The Morgan fingerprint density at radius 1 is 1.00 bits per heavy atom. The van der Waals surface area contributed by atoms with Crippen LogP contribution in [0.1, 0.15) is 28.4 Å². The van der Waals surface area contributed by atoms with Crippen LogP contribution in [-0.2, 0) is 12.3 Å². The summed E-state index contributed by atoms with van der Waals surface area (Å²) in [5.74, 6) is 0.940. The molecular weight excluding hydrogens is 400 g/mol. The standard InChI is InChI=1S/C23H23ClN4S/c24-19-3-4-20-21(14-19)29-16-18-2-1-7-26-22(18)23(20)28-12-10-27(11-13-28)15-17-5-8-25-9-6-17/h1-9,14,23H,10-13,15-16H2. The van der Waals surface area contributed by atoms with Gasteiger partial charge in [0.1, 0.15) is 0 Å². The molecule has 1 fully saturated rings. The van der Waals surface area contributed by atoms with Gasteiger partial charge in [-0.25, -0.2) is 0 Å². The van der Waals surface area contributed by atoms with Crippen LogP contribution in [0.25, 0.3) is 0 Å². The topological polar surface area (TPSA) is 32.3 Å². The molecule has 2 aliphatic rings. The van der Waals surface area contributed by atoms with E-state index in [0.29, 0.717) is 0 Å². The summed E-state index contributed by atoms with van der Waals surface area (Å²) in [6.07, 6.45) is 5.68. The molecule has 0 spiro atoms. The van der Waals surface area contributed by atoms with Crippen molar-refractivity contribution in [1.29, 1.82) is 0 Å². The average Bonchev–Trinajstić information content (AvgIpc) is 2.92. The first-order valence-electron chi connectivity index (χ1n) is 9.99. The van der Waals surface area contributed by atoms with E-state index in [0.717, 1.165) is 43.5 Å². The van der Waals surface area contributed by atoms with Crippen LogP contribution in [0.3, 0.4) is 0 Å². The number of hydrogen-bond donors (Lipinski definition) is 0. The molecule has 3 aromatic rings. The van der Waals surface area contributed by atoms with Gasteiger partial charge in [0.2, 0.25) is 0 Å². The molecule has 0 amide bonds. The Morgan fingerprint density at radius 2 is 1.83 bits per heavy atom. The van der Waals surface area contributed by atoms with Crippen LogP contribution in [0, 0.1) is 0 Å². The van der Waals surface area contributed by atoms with Gasteiger partial charge in [0.25, 0.3) is 0 Å². The number of halogens is 1. The third kappa shape index (κ3) is 4.05. The van der Waals surface area contributed by atoms with E-state index in [-0.39, 0.29) is 6.04 Å². The smallest absolute Gasteiger partial charge is 0.0791 e. The van der Waals surface area contributed by atoms with Gasteiger partial charge in [-0.15, -0.1) is 11.8 Å². The predicted octanol–water partition coefficient (Wildman–Crippen LogP) is 4.64. The molecule has 1 aromatic carbocycles. The molecule has 1 unspecified atom stereocenters. The van der Waals surface area contributed by atoms with E-state index in [9.17, 15) is 0 Å². The second-order valence-corrected chi connectivity index (χ2v) is 9.04. The summed E-state index contributed by atoms with van der Waals surface area (Å²) in [5.41, 5.74) is 5.18. The van der Waals surface area contributed by atoms with Crippen molar-refractivity contribution < 1.29 is 0 Å². The monoisotopic (exact) mass is 422 g/mol. The van der Waals surface area contributed by atoms with E-state index in [1.807, 2.05) is 42.5 Å². The highest BCUT2D eigenvalue weighted by Crippen LogP contribution is 2.42. The molecule has 0 saturated carbocycles. The lowest BCUT2D eigenvalue weighted by Crippen LogP contribution is -2.47. The lowest BCUT2D eigenvalue weighted by molar-refractivity contribution is 0.102. The van der Waals surface area contributed by atoms with Crippen LogP contribution >= 0.6 is 23.4 Å². The van der Waals surface area contributed by atoms with Gasteiger partial charge in [-0.2, -0.15) is 0 Å². The van der Waals surface area contributed by atoms with Crippen molar-refractivity contribution in [3.8, 4) is 0 Å². The summed E-state index contributed by atoms with van der Waals surface area (Å²) in [4.78, 5) is 15.4. The molecule has 0 bridgehead atoms. The zero-order valence-electron chi connectivity index (χ0n) is 16.2. The third-order valence-corrected chi connectivity index (χ3v) is 7.12. The SMILES string of the molecule is Clc1ccc2c(c1)SCc1cccnc1C2N1CCN(Cc2ccncc2)CC1. The van der Waals surface area contributed by atoms with Crippen LogP contribution < -0.4 is 0 Å². The van der Waals surface area contributed by atoms with E-state index >= 15 is 0 Å². The normalized spacial score (nSPS) is 20.0. The van der Waals surface area contributed by atoms with Crippen LogP contribution in [-0.4, -0.2) is 45.9 Å². The van der Waals surface area contributed by atoms with E-state index < -0.39 is 0 Å². The maximum atomic E-state index is 6.32. The van der Waals surface area contributed by atoms with Gasteiger partial charge >= 0.3 is 0 Å². The van der Waals surface area contributed by atoms with Gasteiger partial charge in [0.15, 0.2) is 0 Å². The number of pyridine rings is 2. The third-order valence-electron chi connectivity index (χ3n) is 5.77. The van der Waals surface area contributed by atoms with E-state index in [1.165, 1.54) is 27.3 Å². The number of thioether (sulfide) groups is 1. The fraction of sp³-hybridized carbons (Fsp3) is 0.304. The summed E-state index contributed by atoms with van der Waals surface area (Å²) >= 11 is 8.19. The zero-order chi connectivity index (χ0) is 19.6. The molecule has 1 saturated heterocycles. The Bertz CT molecular complexity index is 989. The minimum Gasteiger partial charge on any atom is -0.297 e. The zero-order valence-corrected chi connectivity index (χ0v) is 17.7. The van der Waals surface area contributed by atoms with Gasteiger partial charge < -0.3 is 0 Å². The summed E-state index contributed by atoms with van der Waals surface area (Å²) in [6, 6.07) is 15.0. The molecule has 2 aromatic heterocycles. The number of fused-ring (bicyclic) bond motifs is 2. The number of hydrogen-bond acceptors (Lipinski definition) is 5. The molecule has 4 heterocycles. The molecule has 4 nitrogen and oxygen atoms in total. The fourth-order valence-electron chi connectivity index (χ4n) is 4.28. The van der Waals surface area contributed by atoms with Crippen molar-refractivity contribution in [2.45, 2.75) is 23.2 Å². The van der Waals surface area contributed by atoms with Crippen molar-refractivity contribution >= 4 is 23.4 Å². The Hall–Kier alpha value is -1.92. The van der Waals surface area contributed by atoms with Crippen molar-refractivity contribution in [1.82, 2.24) is 19.8 Å². The van der Waals surface area contributed by atoms with Crippen LogP contribution in [0.5, 0.6) is 0 Å².